The van der Waals surface area contributed by atoms with Gasteiger partial charge in [-0.15, -0.1) is 0 Å². The quantitative estimate of drug-likeness (QED) is 0.756. The van der Waals surface area contributed by atoms with Gasteiger partial charge in [0, 0.05) is 12.5 Å². The number of anilines is 1. The molecule has 0 spiro atoms. The Hall–Kier alpha value is -2.15. The molecular weight excluding hydrogens is 362 g/mol. The molecule has 0 aliphatic heterocycles. The smallest absolute Gasteiger partial charge is 0.232 e. The Balaban J connectivity index is 1.48. The Morgan fingerprint density at radius 3 is 2.78 bits per heavy atom. The summed E-state index contributed by atoms with van der Waals surface area (Å²) in [4.78, 5) is 29.9. The van der Waals surface area contributed by atoms with E-state index >= 15 is 0 Å². The van der Waals surface area contributed by atoms with Crippen molar-refractivity contribution in [1.29, 1.82) is 0 Å². The van der Waals surface area contributed by atoms with Crippen LogP contribution in [0.4, 0.5) is 5.13 Å². The lowest BCUT2D eigenvalue weighted by Gasteiger charge is -2.26. The summed E-state index contributed by atoms with van der Waals surface area (Å²) in [6, 6.07) is 6.06. The van der Waals surface area contributed by atoms with Gasteiger partial charge in [0.05, 0.1) is 22.2 Å². The summed E-state index contributed by atoms with van der Waals surface area (Å²) < 4.78 is 6.50. The zero-order valence-electron chi connectivity index (χ0n) is 15.5. The van der Waals surface area contributed by atoms with Gasteiger partial charge in [-0.05, 0) is 50.8 Å². The third-order valence-corrected chi connectivity index (χ3v) is 6.31. The van der Waals surface area contributed by atoms with Crippen LogP contribution in [0.2, 0.25) is 0 Å². The summed E-state index contributed by atoms with van der Waals surface area (Å²) in [7, 11) is 0. The van der Waals surface area contributed by atoms with E-state index in [4.69, 9.17) is 4.74 Å². The van der Waals surface area contributed by atoms with E-state index in [-0.39, 0.29) is 18.2 Å². The molecule has 6 nitrogen and oxygen atoms in total. The number of amides is 2. The highest BCUT2D eigenvalue weighted by atomic mass is 32.1. The van der Waals surface area contributed by atoms with Crippen LogP contribution in [-0.2, 0) is 9.59 Å². The van der Waals surface area contributed by atoms with Crippen molar-refractivity contribution in [3.8, 4) is 5.75 Å². The van der Waals surface area contributed by atoms with Crippen LogP contribution in [0.3, 0.4) is 0 Å². The number of hydrogen-bond donors (Lipinski definition) is 2. The lowest BCUT2D eigenvalue weighted by molar-refractivity contribution is -0.132. The Labute approximate surface area is 162 Å². The molecule has 2 aromatic rings. The van der Waals surface area contributed by atoms with E-state index in [0.29, 0.717) is 17.8 Å². The van der Waals surface area contributed by atoms with Gasteiger partial charge in [0.2, 0.25) is 11.8 Å². The van der Waals surface area contributed by atoms with Gasteiger partial charge in [-0.2, -0.15) is 0 Å². The third kappa shape index (κ3) is 4.08. The molecule has 1 aromatic heterocycles. The van der Waals surface area contributed by atoms with Crippen LogP contribution in [0.25, 0.3) is 10.2 Å². The topological polar surface area (TPSA) is 80.3 Å². The Morgan fingerprint density at radius 1 is 1.30 bits per heavy atom. The van der Waals surface area contributed by atoms with Crippen molar-refractivity contribution < 1.29 is 14.3 Å². The van der Waals surface area contributed by atoms with E-state index in [1.165, 1.54) is 11.3 Å². The predicted octanol–water partition coefficient (Wildman–Crippen LogP) is 3.86. The van der Waals surface area contributed by atoms with Crippen LogP contribution in [-0.4, -0.2) is 29.4 Å². The third-order valence-electron chi connectivity index (χ3n) is 5.38. The van der Waals surface area contributed by atoms with Gasteiger partial charge < -0.3 is 15.4 Å². The van der Waals surface area contributed by atoms with Crippen molar-refractivity contribution in [2.45, 2.75) is 57.9 Å². The van der Waals surface area contributed by atoms with Crippen molar-refractivity contribution in [3.05, 3.63) is 18.2 Å². The molecule has 2 fully saturated rings. The fraction of sp³-hybridized carbons (Fsp3) is 0.550. The lowest BCUT2D eigenvalue weighted by atomic mass is 9.81. The van der Waals surface area contributed by atoms with Crippen molar-refractivity contribution in [2.75, 3.05) is 11.9 Å². The molecule has 0 unspecified atom stereocenters. The highest BCUT2D eigenvalue weighted by molar-refractivity contribution is 7.22. The molecule has 2 saturated carbocycles. The van der Waals surface area contributed by atoms with E-state index in [2.05, 4.69) is 15.6 Å². The molecule has 1 aromatic carbocycles. The number of benzene rings is 1. The Morgan fingerprint density at radius 2 is 2.07 bits per heavy atom. The Bertz CT molecular complexity index is 853. The first-order valence-corrected chi connectivity index (χ1v) is 10.5. The number of nitrogens with one attached hydrogen (secondary N) is 2. The lowest BCUT2D eigenvalue weighted by Crippen LogP contribution is -2.39. The molecule has 144 valence electrons. The highest BCUT2D eigenvalue weighted by Gasteiger charge is 2.43. The molecule has 27 heavy (non-hydrogen) atoms. The maximum absolute atomic E-state index is 13.1. The van der Waals surface area contributed by atoms with E-state index in [1.54, 1.807) is 0 Å². The van der Waals surface area contributed by atoms with Crippen LogP contribution < -0.4 is 15.4 Å². The number of thiazole rings is 1. The SMILES string of the molecule is CCOc1ccc2nc(NC(=O)C3(CC(=O)NC4CC4)CCCC3)sc2c1. The van der Waals surface area contributed by atoms with Crippen LogP contribution in [0.5, 0.6) is 5.75 Å². The molecule has 4 rings (SSSR count). The second kappa shape index (κ2) is 7.46. The van der Waals surface area contributed by atoms with Gasteiger partial charge in [0.25, 0.3) is 0 Å². The number of ether oxygens (including phenoxy) is 1. The monoisotopic (exact) mass is 387 g/mol. The zero-order chi connectivity index (χ0) is 18.9. The summed E-state index contributed by atoms with van der Waals surface area (Å²) in [5.74, 6) is 0.728. The highest BCUT2D eigenvalue weighted by Crippen LogP contribution is 2.43. The molecule has 1 heterocycles. The molecule has 0 saturated heterocycles. The van der Waals surface area contributed by atoms with Crippen molar-refractivity contribution >= 4 is 38.5 Å². The normalized spacial score (nSPS) is 18.4. The van der Waals surface area contributed by atoms with Crippen LogP contribution in [0, 0.1) is 5.41 Å². The van der Waals surface area contributed by atoms with E-state index in [1.807, 2.05) is 25.1 Å². The minimum Gasteiger partial charge on any atom is -0.494 e. The standard InChI is InChI=1S/C20H25N3O3S/c1-2-26-14-7-8-15-16(11-14)27-19(22-15)23-18(25)20(9-3-4-10-20)12-17(24)21-13-5-6-13/h7-8,11,13H,2-6,9-10,12H2,1H3,(H,21,24)(H,22,23,25). The van der Waals surface area contributed by atoms with Gasteiger partial charge in [0.1, 0.15) is 5.75 Å². The summed E-state index contributed by atoms with van der Waals surface area (Å²) in [6.45, 7) is 2.56. The van der Waals surface area contributed by atoms with Crippen LogP contribution >= 0.6 is 11.3 Å². The van der Waals surface area contributed by atoms with Crippen LogP contribution in [0.1, 0.15) is 51.9 Å². The molecule has 0 atom stereocenters. The van der Waals surface area contributed by atoms with Crippen molar-refractivity contribution in [1.82, 2.24) is 10.3 Å². The Kier molecular flexibility index (Phi) is 5.04. The second-order valence-corrected chi connectivity index (χ2v) is 8.57. The molecule has 2 amide bonds. The predicted molar refractivity (Wildman–Crippen MR) is 106 cm³/mol. The second-order valence-electron chi connectivity index (χ2n) is 7.54. The average Bonchev–Trinajstić information content (AvgIpc) is 3.16. The van der Waals surface area contributed by atoms with E-state index < -0.39 is 5.41 Å². The number of carbonyl (C=O) groups excluding carboxylic acids is 2. The summed E-state index contributed by atoms with van der Waals surface area (Å²) >= 11 is 1.44. The fourth-order valence-electron chi connectivity index (χ4n) is 3.79. The largest absolute Gasteiger partial charge is 0.494 e. The molecule has 0 radical (unpaired) electrons. The number of rotatable bonds is 7. The number of aromatic nitrogens is 1. The molecule has 2 N–H and O–H groups in total. The molecule has 7 heteroatoms. The molecular formula is C20H25N3O3S. The average molecular weight is 388 g/mol. The zero-order valence-corrected chi connectivity index (χ0v) is 16.4. The minimum atomic E-state index is -0.604. The number of nitrogens with zero attached hydrogens (tertiary/aromatic N) is 1. The first kappa shape index (κ1) is 18.2. The first-order valence-electron chi connectivity index (χ1n) is 9.72. The van der Waals surface area contributed by atoms with E-state index in [0.717, 1.165) is 54.5 Å². The number of carbonyl (C=O) groups is 2. The van der Waals surface area contributed by atoms with Gasteiger partial charge >= 0.3 is 0 Å². The fourth-order valence-corrected chi connectivity index (χ4v) is 4.68. The molecule has 2 aliphatic carbocycles. The van der Waals surface area contributed by atoms with Gasteiger partial charge in [0.15, 0.2) is 5.13 Å². The summed E-state index contributed by atoms with van der Waals surface area (Å²) in [6.07, 6.45) is 5.88. The number of hydrogen-bond acceptors (Lipinski definition) is 5. The van der Waals surface area contributed by atoms with Gasteiger partial charge in [-0.1, -0.05) is 24.2 Å². The maximum atomic E-state index is 13.1. The van der Waals surface area contributed by atoms with Gasteiger partial charge in [-0.25, -0.2) is 4.98 Å². The van der Waals surface area contributed by atoms with E-state index in [9.17, 15) is 9.59 Å². The summed E-state index contributed by atoms with van der Waals surface area (Å²) in [5.41, 5.74) is 0.235. The molecule has 0 bridgehead atoms. The first-order chi connectivity index (χ1) is 13.1. The van der Waals surface area contributed by atoms with Crippen LogP contribution in [0.15, 0.2) is 18.2 Å². The van der Waals surface area contributed by atoms with Crippen molar-refractivity contribution in [3.63, 3.8) is 0 Å². The number of fused-ring (bicyclic) bond motifs is 1. The maximum Gasteiger partial charge on any atom is 0.232 e. The summed E-state index contributed by atoms with van der Waals surface area (Å²) in [5, 5.41) is 6.59. The van der Waals surface area contributed by atoms with Crippen molar-refractivity contribution in [2.24, 2.45) is 5.41 Å². The van der Waals surface area contributed by atoms with Gasteiger partial charge in [-0.3, -0.25) is 9.59 Å². The minimum absolute atomic E-state index is 0.000191. The molecule has 2 aliphatic rings.